The lowest BCUT2D eigenvalue weighted by Crippen LogP contribution is -2.24. The highest BCUT2D eigenvalue weighted by Gasteiger charge is 2.27. The van der Waals surface area contributed by atoms with Gasteiger partial charge in [0.15, 0.2) is 0 Å². The van der Waals surface area contributed by atoms with Gasteiger partial charge in [-0.3, -0.25) is 0 Å². The van der Waals surface area contributed by atoms with E-state index in [1.807, 2.05) is 30.3 Å². The fraction of sp³-hybridized carbons (Fsp3) is 0.294. The molecule has 1 aliphatic heterocycles. The highest BCUT2D eigenvalue weighted by Crippen LogP contribution is 2.40. The molecule has 2 aromatic carbocycles. The molecule has 0 fully saturated rings. The van der Waals surface area contributed by atoms with Gasteiger partial charge in [0.25, 0.3) is 0 Å². The van der Waals surface area contributed by atoms with Crippen LogP contribution in [-0.4, -0.2) is 7.11 Å². The van der Waals surface area contributed by atoms with Crippen LogP contribution < -0.4 is 10.5 Å². The van der Waals surface area contributed by atoms with Crippen molar-refractivity contribution in [2.24, 2.45) is 5.73 Å². The summed E-state index contributed by atoms with van der Waals surface area (Å²) >= 11 is 6.03. The number of halogens is 1. The molecule has 0 saturated carbocycles. The van der Waals surface area contributed by atoms with E-state index in [1.54, 1.807) is 7.11 Å². The van der Waals surface area contributed by atoms with Crippen LogP contribution in [0.2, 0.25) is 5.02 Å². The summed E-state index contributed by atoms with van der Waals surface area (Å²) in [6.07, 6.45) is 0.703. The number of methoxy groups -OCH3 is 1. The van der Waals surface area contributed by atoms with E-state index in [0.29, 0.717) is 11.6 Å². The topological polar surface area (TPSA) is 44.5 Å². The molecule has 0 saturated heterocycles. The molecule has 21 heavy (non-hydrogen) atoms. The summed E-state index contributed by atoms with van der Waals surface area (Å²) in [6, 6.07) is 13.8. The molecule has 0 aromatic heterocycles. The molecule has 0 aliphatic carbocycles. The lowest BCUT2D eigenvalue weighted by Gasteiger charge is -2.31. The normalized spacial score (nSPS) is 20.7. The van der Waals surface area contributed by atoms with Crippen molar-refractivity contribution >= 4 is 11.6 Å². The predicted molar refractivity (Wildman–Crippen MR) is 83.5 cm³/mol. The van der Waals surface area contributed by atoms with E-state index in [2.05, 4.69) is 12.1 Å². The third-order valence-electron chi connectivity index (χ3n) is 3.74. The second-order valence-electron chi connectivity index (χ2n) is 5.31. The molecule has 110 valence electrons. The van der Waals surface area contributed by atoms with E-state index in [1.165, 1.54) is 0 Å². The van der Waals surface area contributed by atoms with Gasteiger partial charge < -0.3 is 15.2 Å². The predicted octanol–water partition coefficient (Wildman–Crippen LogP) is 4.01. The Morgan fingerprint density at radius 3 is 2.95 bits per heavy atom. The molecule has 1 heterocycles. The van der Waals surface area contributed by atoms with Crippen LogP contribution in [0.4, 0.5) is 0 Å². The molecule has 3 nitrogen and oxygen atoms in total. The lowest BCUT2D eigenvalue weighted by atomic mass is 9.93. The second-order valence-corrected chi connectivity index (χ2v) is 5.75. The SMILES string of the molecule is COCc1cccc(C2C[C@H](N)c3cc(Cl)ccc3O2)c1. The molecule has 4 heteroatoms. The summed E-state index contributed by atoms with van der Waals surface area (Å²) in [4.78, 5) is 0. The number of hydrogen-bond acceptors (Lipinski definition) is 3. The van der Waals surface area contributed by atoms with E-state index in [0.717, 1.165) is 28.9 Å². The Labute approximate surface area is 129 Å². The van der Waals surface area contributed by atoms with Gasteiger partial charge in [0.1, 0.15) is 11.9 Å². The molecule has 0 bridgehead atoms. The van der Waals surface area contributed by atoms with Gasteiger partial charge in [0.2, 0.25) is 0 Å². The molecule has 2 atom stereocenters. The van der Waals surface area contributed by atoms with Gasteiger partial charge in [-0.15, -0.1) is 0 Å². The Bertz CT molecular complexity index is 644. The van der Waals surface area contributed by atoms with E-state index >= 15 is 0 Å². The van der Waals surface area contributed by atoms with Crippen molar-refractivity contribution < 1.29 is 9.47 Å². The number of benzene rings is 2. The maximum Gasteiger partial charge on any atom is 0.126 e. The van der Waals surface area contributed by atoms with E-state index in [-0.39, 0.29) is 12.1 Å². The van der Waals surface area contributed by atoms with Gasteiger partial charge in [-0.1, -0.05) is 29.8 Å². The van der Waals surface area contributed by atoms with Crippen molar-refractivity contribution in [3.63, 3.8) is 0 Å². The van der Waals surface area contributed by atoms with Crippen molar-refractivity contribution in [2.75, 3.05) is 7.11 Å². The first-order valence-corrected chi connectivity index (χ1v) is 7.34. The highest BCUT2D eigenvalue weighted by atomic mass is 35.5. The van der Waals surface area contributed by atoms with Crippen LogP contribution in [-0.2, 0) is 11.3 Å². The Kier molecular flexibility index (Phi) is 4.15. The smallest absolute Gasteiger partial charge is 0.126 e. The van der Waals surface area contributed by atoms with Crippen LogP contribution in [0.25, 0.3) is 0 Å². The molecule has 0 amide bonds. The highest BCUT2D eigenvalue weighted by molar-refractivity contribution is 6.30. The van der Waals surface area contributed by atoms with Crippen LogP contribution in [0.5, 0.6) is 5.75 Å². The van der Waals surface area contributed by atoms with Crippen molar-refractivity contribution in [3.8, 4) is 5.75 Å². The van der Waals surface area contributed by atoms with Gasteiger partial charge in [0, 0.05) is 30.2 Å². The molecule has 1 aliphatic rings. The molecule has 2 aromatic rings. The zero-order valence-electron chi connectivity index (χ0n) is 11.9. The van der Waals surface area contributed by atoms with E-state index in [9.17, 15) is 0 Å². The van der Waals surface area contributed by atoms with Gasteiger partial charge in [-0.25, -0.2) is 0 Å². The maximum absolute atomic E-state index is 6.28. The largest absolute Gasteiger partial charge is 0.485 e. The summed E-state index contributed by atoms with van der Waals surface area (Å²) in [5.74, 6) is 0.820. The number of nitrogens with two attached hydrogens (primary N) is 1. The number of fused-ring (bicyclic) bond motifs is 1. The first kappa shape index (κ1) is 14.4. The summed E-state index contributed by atoms with van der Waals surface area (Å²) in [6.45, 7) is 0.596. The minimum Gasteiger partial charge on any atom is -0.485 e. The molecule has 3 rings (SSSR count). The second kappa shape index (κ2) is 6.06. The fourth-order valence-electron chi connectivity index (χ4n) is 2.73. The molecule has 0 spiro atoms. The zero-order valence-corrected chi connectivity index (χ0v) is 12.6. The summed E-state index contributed by atoms with van der Waals surface area (Å²) in [7, 11) is 1.69. The lowest BCUT2D eigenvalue weighted by molar-refractivity contribution is 0.160. The maximum atomic E-state index is 6.28. The fourth-order valence-corrected chi connectivity index (χ4v) is 2.91. The zero-order chi connectivity index (χ0) is 14.8. The standard InChI is InChI=1S/C17H18ClNO2/c1-20-10-11-3-2-4-12(7-11)17-9-15(19)14-8-13(18)5-6-16(14)21-17/h2-8,15,17H,9-10,19H2,1H3/t15-,17?/m0/s1. The Morgan fingerprint density at radius 1 is 1.29 bits per heavy atom. The Hall–Kier alpha value is -1.55. The van der Waals surface area contributed by atoms with Crippen molar-refractivity contribution in [2.45, 2.75) is 25.2 Å². The Morgan fingerprint density at radius 2 is 2.14 bits per heavy atom. The van der Waals surface area contributed by atoms with Crippen molar-refractivity contribution in [1.82, 2.24) is 0 Å². The summed E-state index contributed by atoms with van der Waals surface area (Å²) in [5, 5.41) is 0.688. The summed E-state index contributed by atoms with van der Waals surface area (Å²) in [5.41, 5.74) is 9.51. The van der Waals surface area contributed by atoms with Gasteiger partial charge in [0.05, 0.1) is 6.61 Å². The average molecular weight is 304 g/mol. The Balaban J connectivity index is 1.88. The minimum absolute atomic E-state index is 0.0366. The monoisotopic (exact) mass is 303 g/mol. The van der Waals surface area contributed by atoms with Crippen molar-refractivity contribution in [1.29, 1.82) is 0 Å². The summed E-state index contributed by atoms with van der Waals surface area (Å²) < 4.78 is 11.3. The van der Waals surface area contributed by atoms with Crippen LogP contribution in [0, 0.1) is 0 Å². The number of rotatable bonds is 3. The average Bonchev–Trinajstić information content (AvgIpc) is 2.48. The van der Waals surface area contributed by atoms with Gasteiger partial charge >= 0.3 is 0 Å². The third kappa shape index (κ3) is 3.05. The first-order valence-electron chi connectivity index (χ1n) is 6.97. The van der Waals surface area contributed by atoms with E-state index in [4.69, 9.17) is 26.8 Å². The molecule has 1 unspecified atom stereocenters. The van der Waals surface area contributed by atoms with Crippen LogP contribution >= 0.6 is 11.6 Å². The third-order valence-corrected chi connectivity index (χ3v) is 3.98. The van der Waals surface area contributed by atoms with Crippen molar-refractivity contribution in [3.05, 3.63) is 64.2 Å². The number of ether oxygens (including phenoxy) is 2. The van der Waals surface area contributed by atoms with Crippen LogP contribution in [0.1, 0.15) is 35.3 Å². The molecular weight excluding hydrogens is 286 g/mol. The van der Waals surface area contributed by atoms with Crippen LogP contribution in [0.15, 0.2) is 42.5 Å². The van der Waals surface area contributed by atoms with Gasteiger partial charge in [-0.05, 0) is 35.4 Å². The molecular formula is C17H18ClNO2. The molecule has 0 radical (unpaired) electrons. The quantitative estimate of drug-likeness (QED) is 0.931. The van der Waals surface area contributed by atoms with E-state index < -0.39 is 0 Å². The van der Waals surface area contributed by atoms with Crippen LogP contribution in [0.3, 0.4) is 0 Å². The first-order chi connectivity index (χ1) is 10.2. The minimum atomic E-state index is -0.0662. The molecule has 2 N–H and O–H groups in total. The van der Waals surface area contributed by atoms with Gasteiger partial charge in [-0.2, -0.15) is 0 Å². The number of hydrogen-bond donors (Lipinski definition) is 1.